The molecule has 0 aliphatic carbocycles. The largest absolute Gasteiger partial charge is 0.289 e. The summed E-state index contributed by atoms with van der Waals surface area (Å²) in [5, 5.41) is 0. The first-order valence-corrected chi connectivity index (χ1v) is 8.77. The summed E-state index contributed by atoms with van der Waals surface area (Å²) in [6, 6.07) is 5.74. The number of carbonyl (C=O) groups is 1. The topological polar surface area (TPSA) is 17.1 Å². The summed E-state index contributed by atoms with van der Waals surface area (Å²) in [6.07, 6.45) is 4.80. The zero-order valence-corrected chi connectivity index (χ0v) is 17.0. The first-order valence-electron chi connectivity index (χ1n) is 8.77. The molecule has 0 radical (unpaired) electrons. The molecule has 1 heteroatoms. The van der Waals surface area contributed by atoms with Gasteiger partial charge in [-0.2, -0.15) is 0 Å². The minimum absolute atomic E-state index is 0.0529. The highest BCUT2D eigenvalue weighted by Gasteiger charge is 2.14. The highest BCUT2D eigenvalue weighted by Crippen LogP contribution is 2.22. The lowest BCUT2D eigenvalue weighted by Gasteiger charge is -2.10. The number of hydrogen-bond donors (Lipinski definition) is 0. The lowest BCUT2D eigenvalue weighted by atomic mass is 9.93. The number of hydrogen-bond acceptors (Lipinski definition) is 1. The van der Waals surface area contributed by atoms with Crippen molar-refractivity contribution in [3.05, 3.63) is 78.4 Å². The Labute approximate surface area is 150 Å². The maximum atomic E-state index is 12.4. The monoisotopic (exact) mass is 328 g/mol. The van der Waals surface area contributed by atoms with Crippen LogP contribution in [0.4, 0.5) is 0 Å². The van der Waals surface area contributed by atoms with Crippen LogP contribution in [0.5, 0.6) is 0 Å². The predicted molar refractivity (Wildman–Crippen MR) is 113 cm³/mol. The minimum Gasteiger partial charge on any atom is -0.289 e. The molecule has 134 valence electrons. The van der Waals surface area contributed by atoms with E-state index >= 15 is 0 Å². The van der Waals surface area contributed by atoms with Crippen LogP contribution >= 0.6 is 0 Å². The summed E-state index contributed by atoms with van der Waals surface area (Å²) in [4.78, 5) is 12.4. The van der Waals surface area contributed by atoms with Crippen molar-refractivity contribution in [2.75, 3.05) is 0 Å². The van der Waals surface area contributed by atoms with Gasteiger partial charge in [-0.15, -0.1) is 0 Å². The summed E-state index contributed by atoms with van der Waals surface area (Å²) < 4.78 is 0. The maximum absolute atomic E-state index is 12.4. The van der Waals surface area contributed by atoms with Crippen molar-refractivity contribution in [2.24, 2.45) is 0 Å². The molecule has 0 aliphatic heterocycles. The number of rotatable bonds is 5. The molecule has 24 heavy (non-hydrogen) atoms. The van der Waals surface area contributed by atoms with Gasteiger partial charge >= 0.3 is 0 Å². The summed E-state index contributed by atoms with van der Waals surface area (Å²) in [6.45, 7) is 27.1. The lowest BCUT2D eigenvalue weighted by molar-refractivity contribution is 0.103. The zero-order valence-electron chi connectivity index (χ0n) is 17.0. The Kier molecular flexibility index (Phi) is 19.2. The van der Waals surface area contributed by atoms with Crippen LogP contribution < -0.4 is 0 Å². The number of ketones is 1. The molecule has 0 bridgehead atoms. The number of carbonyl (C=O) groups excluding carboxylic acids is 1. The normalized spacial score (nSPS) is 8.92. The first-order chi connectivity index (χ1) is 11.5. The molecule has 0 amide bonds. The van der Waals surface area contributed by atoms with Gasteiger partial charge in [-0.1, -0.05) is 109 Å². The van der Waals surface area contributed by atoms with Gasteiger partial charge in [0.15, 0.2) is 5.78 Å². The average molecular weight is 329 g/mol. The van der Waals surface area contributed by atoms with Crippen LogP contribution in [0.2, 0.25) is 0 Å². The summed E-state index contributed by atoms with van der Waals surface area (Å²) in [5.41, 5.74) is 4.07. The molecule has 0 atom stereocenters. The standard InChI is InChI=1S/C17H18O.3C2H6/c1-6-8-14(7-2)17(18)15-10-9-13(5)11-16(15)12(3)4;3*1-2/h6-11H,1-3H2,4-5H3;3*1-2H3/b14-8+;;;. The van der Waals surface area contributed by atoms with Crippen LogP contribution in [-0.2, 0) is 0 Å². The Morgan fingerprint density at radius 3 is 1.83 bits per heavy atom. The smallest absolute Gasteiger partial charge is 0.193 e. The molecule has 0 unspecified atom stereocenters. The Bertz CT molecular complexity index is 545. The van der Waals surface area contributed by atoms with E-state index in [2.05, 4.69) is 19.7 Å². The van der Waals surface area contributed by atoms with E-state index in [1.54, 1.807) is 18.2 Å². The van der Waals surface area contributed by atoms with Crippen molar-refractivity contribution >= 4 is 11.4 Å². The molecule has 0 saturated heterocycles. The van der Waals surface area contributed by atoms with Crippen molar-refractivity contribution in [2.45, 2.75) is 55.4 Å². The van der Waals surface area contributed by atoms with Crippen LogP contribution in [0.25, 0.3) is 5.57 Å². The molecular formula is C23H36O. The van der Waals surface area contributed by atoms with Crippen LogP contribution in [0.3, 0.4) is 0 Å². The van der Waals surface area contributed by atoms with Crippen molar-refractivity contribution in [3.8, 4) is 0 Å². The molecule has 0 fully saturated rings. The average Bonchev–Trinajstić information content (AvgIpc) is 2.64. The zero-order chi connectivity index (χ0) is 19.7. The van der Waals surface area contributed by atoms with E-state index < -0.39 is 0 Å². The number of allylic oxidation sites excluding steroid dienone is 5. The Morgan fingerprint density at radius 2 is 1.46 bits per heavy atom. The Hall–Kier alpha value is -2.15. The van der Waals surface area contributed by atoms with Crippen LogP contribution in [-0.4, -0.2) is 5.78 Å². The van der Waals surface area contributed by atoms with Crippen LogP contribution in [0.15, 0.2) is 61.7 Å². The third kappa shape index (κ3) is 9.09. The van der Waals surface area contributed by atoms with Gasteiger partial charge in [-0.05, 0) is 19.4 Å². The third-order valence-electron chi connectivity index (χ3n) is 2.66. The SMILES string of the molecule is C=C/C=C(\C=C)C(=O)c1ccc(C)cc1C(=C)C.CC.CC.CC. The van der Waals surface area contributed by atoms with Crippen LogP contribution in [0.1, 0.15) is 70.0 Å². The van der Waals surface area contributed by atoms with Gasteiger partial charge in [0.1, 0.15) is 0 Å². The lowest BCUT2D eigenvalue weighted by Crippen LogP contribution is -2.05. The maximum Gasteiger partial charge on any atom is 0.193 e. The molecule has 0 heterocycles. The van der Waals surface area contributed by atoms with Crippen molar-refractivity contribution < 1.29 is 4.79 Å². The number of Topliss-reactive ketones (excluding diaryl/α,β-unsaturated/α-hetero) is 1. The predicted octanol–water partition coefficient (Wildman–Crippen LogP) is 7.59. The molecule has 0 N–H and O–H groups in total. The van der Waals surface area contributed by atoms with E-state index in [0.29, 0.717) is 11.1 Å². The van der Waals surface area contributed by atoms with Crippen LogP contribution in [0, 0.1) is 6.92 Å². The second-order valence-corrected chi connectivity index (χ2v) is 4.22. The summed E-state index contributed by atoms with van der Waals surface area (Å²) >= 11 is 0. The molecule has 1 rings (SSSR count). The van der Waals surface area contributed by atoms with Gasteiger partial charge < -0.3 is 0 Å². The van der Waals surface area contributed by atoms with E-state index in [1.165, 1.54) is 0 Å². The fourth-order valence-corrected chi connectivity index (χ4v) is 1.73. The van der Waals surface area contributed by atoms with E-state index in [9.17, 15) is 4.79 Å². The van der Waals surface area contributed by atoms with E-state index in [-0.39, 0.29) is 5.78 Å². The van der Waals surface area contributed by atoms with Gasteiger partial charge in [0, 0.05) is 11.1 Å². The van der Waals surface area contributed by atoms with Gasteiger partial charge in [0.25, 0.3) is 0 Å². The van der Waals surface area contributed by atoms with Gasteiger partial charge in [0.05, 0.1) is 0 Å². The van der Waals surface area contributed by atoms with Gasteiger partial charge in [0.2, 0.25) is 0 Å². The fourth-order valence-electron chi connectivity index (χ4n) is 1.73. The van der Waals surface area contributed by atoms with Gasteiger partial charge in [-0.3, -0.25) is 4.79 Å². The number of aryl methyl sites for hydroxylation is 1. The highest BCUT2D eigenvalue weighted by atomic mass is 16.1. The molecule has 0 spiro atoms. The first kappa shape index (κ1) is 26.7. The molecule has 0 saturated carbocycles. The molecule has 0 aliphatic rings. The molecule has 1 aromatic rings. The van der Waals surface area contributed by atoms with Gasteiger partial charge in [-0.25, -0.2) is 0 Å². The second kappa shape index (κ2) is 17.2. The van der Waals surface area contributed by atoms with Crippen molar-refractivity contribution in [1.29, 1.82) is 0 Å². The molecular weight excluding hydrogens is 292 g/mol. The highest BCUT2D eigenvalue weighted by molar-refractivity contribution is 6.13. The fraction of sp³-hybridized carbons (Fsp3) is 0.348. The van der Waals surface area contributed by atoms with E-state index in [0.717, 1.165) is 16.7 Å². The Morgan fingerprint density at radius 1 is 0.958 bits per heavy atom. The minimum atomic E-state index is -0.0529. The van der Waals surface area contributed by atoms with Crippen molar-refractivity contribution in [1.82, 2.24) is 0 Å². The molecule has 1 nitrogen and oxygen atoms in total. The second-order valence-electron chi connectivity index (χ2n) is 4.22. The quantitative estimate of drug-likeness (QED) is 0.309. The number of benzene rings is 1. The van der Waals surface area contributed by atoms with Crippen molar-refractivity contribution in [3.63, 3.8) is 0 Å². The van der Waals surface area contributed by atoms with E-state index in [1.807, 2.05) is 73.6 Å². The summed E-state index contributed by atoms with van der Waals surface area (Å²) in [5.74, 6) is -0.0529. The molecule has 0 aromatic heterocycles. The van der Waals surface area contributed by atoms with E-state index in [4.69, 9.17) is 0 Å². The summed E-state index contributed by atoms with van der Waals surface area (Å²) in [7, 11) is 0. The Balaban J connectivity index is -0.000000659. The third-order valence-corrected chi connectivity index (χ3v) is 2.66. The molecule has 1 aromatic carbocycles.